The number of nitrogens with zero attached hydrogens (tertiary/aromatic N) is 2. The Bertz CT molecular complexity index is 583. The summed E-state index contributed by atoms with van der Waals surface area (Å²) >= 11 is 3.34. The second kappa shape index (κ2) is 5.84. The minimum Gasteiger partial charge on any atom is -0.388 e. The monoisotopic (exact) mass is 326 g/mol. The zero-order chi connectivity index (χ0) is 14.0. The lowest BCUT2D eigenvalue weighted by atomic mass is 10.0. The predicted molar refractivity (Wildman–Crippen MR) is 75.4 cm³/mol. The van der Waals surface area contributed by atoms with Gasteiger partial charge >= 0.3 is 0 Å². The molecule has 1 heterocycles. The molecule has 1 N–H and O–H groups in total. The maximum Gasteiger partial charge on any atom is 0.123 e. The van der Waals surface area contributed by atoms with Crippen LogP contribution in [0.25, 0.3) is 0 Å². The Morgan fingerprint density at radius 3 is 2.84 bits per heavy atom. The fourth-order valence-electron chi connectivity index (χ4n) is 2.12. The lowest BCUT2D eigenvalue weighted by Crippen LogP contribution is -2.09. The van der Waals surface area contributed by atoms with Crippen LogP contribution >= 0.6 is 15.9 Å². The normalized spacial score (nSPS) is 12.7. The SMILES string of the molecule is CCn1nc(C)cc1CC(O)c1cc(F)ccc1Br. The number of aromatic nitrogens is 2. The molecule has 3 nitrogen and oxygen atoms in total. The van der Waals surface area contributed by atoms with Crippen LogP contribution in [0.3, 0.4) is 0 Å². The second-order valence-corrected chi connectivity index (χ2v) is 5.33. The summed E-state index contributed by atoms with van der Waals surface area (Å²) in [6, 6.07) is 6.27. The summed E-state index contributed by atoms with van der Waals surface area (Å²) in [4.78, 5) is 0. The Morgan fingerprint density at radius 2 is 2.16 bits per heavy atom. The summed E-state index contributed by atoms with van der Waals surface area (Å²) < 4.78 is 15.8. The highest BCUT2D eigenvalue weighted by Crippen LogP contribution is 2.27. The first-order chi connectivity index (χ1) is 9.01. The standard InChI is InChI=1S/C14H16BrFN2O/c1-3-18-11(6-9(2)17-18)8-14(19)12-7-10(16)4-5-13(12)15/h4-7,14,19H,3,8H2,1-2H3. The molecule has 0 amide bonds. The van der Waals surface area contributed by atoms with Crippen molar-refractivity contribution in [2.24, 2.45) is 0 Å². The van der Waals surface area contributed by atoms with E-state index in [-0.39, 0.29) is 5.82 Å². The van der Waals surface area contributed by atoms with Crippen LogP contribution < -0.4 is 0 Å². The van der Waals surface area contributed by atoms with E-state index in [2.05, 4.69) is 21.0 Å². The summed E-state index contributed by atoms with van der Waals surface area (Å²) in [5, 5.41) is 14.6. The third-order valence-corrected chi connectivity index (χ3v) is 3.73. The molecule has 5 heteroatoms. The number of benzene rings is 1. The summed E-state index contributed by atoms with van der Waals surface area (Å²) in [7, 11) is 0. The summed E-state index contributed by atoms with van der Waals surface area (Å²) in [5.41, 5.74) is 2.42. The van der Waals surface area contributed by atoms with Crippen LogP contribution in [0.15, 0.2) is 28.7 Å². The van der Waals surface area contributed by atoms with E-state index in [0.29, 0.717) is 16.5 Å². The lowest BCUT2D eigenvalue weighted by molar-refractivity contribution is 0.174. The van der Waals surface area contributed by atoms with E-state index < -0.39 is 6.10 Å². The Hall–Kier alpha value is -1.20. The first kappa shape index (κ1) is 14.2. The molecular weight excluding hydrogens is 311 g/mol. The van der Waals surface area contributed by atoms with Gasteiger partial charge in [0.2, 0.25) is 0 Å². The number of aryl methyl sites for hydroxylation is 2. The van der Waals surface area contributed by atoms with Crippen LogP contribution in [0.1, 0.15) is 30.0 Å². The van der Waals surface area contributed by atoms with Crippen LogP contribution in [0.4, 0.5) is 4.39 Å². The molecule has 0 fully saturated rings. The molecule has 0 bridgehead atoms. The maximum absolute atomic E-state index is 13.2. The minimum absolute atomic E-state index is 0.350. The number of aliphatic hydroxyl groups is 1. The van der Waals surface area contributed by atoms with Gasteiger partial charge in [-0.05, 0) is 43.7 Å². The number of aliphatic hydroxyl groups excluding tert-OH is 1. The van der Waals surface area contributed by atoms with Crippen molar-refractivity contribution in [2.45, 2.75) is 32.9 Å². The molecule has 0 aliphatic carbocycles. The Labute approximate surface area is 120 Å². The van der Waals surface area contributed by atoms with Crippen molar-refractivity contribution < 1.29 is 9.50 Å². The van der Waals surface area contributed by atoms with Crippen LogP contribution in [-0.4, -0.2) is 14.9 Å². The molecule has 0 radical (unpaired) electrons. The number of hydrogen-bond acceptors (Lipinski definition) is 2. The average molecular weight is 327 g/mol. The lowest BCUT2D eigenvalue weighted by Gasteiger charge is -2.13. The zero-order valence-corrected chi connectivity index (χ0v) is 12.5. The topological polar surface area (TPSA) is 38.0 Å². The van der Waals surface area contributed by atoms with Crippen LogP contribution in [0, 0.1) is 12.7 Å². The van der Waals surface area contributed by atoms with Crippen molar-refractivity contribution in [3.8, 4) is 0 Å². The molecule has 2 rings (SSSR count). The van der Waals surface area contributed by atoms with Gasteiger partial charge in [0.1, 0.15) is 5.82 Å². The van der Waals surface area contributed by atoms with Gasteiger partial charge in [0.05, 0.1) is 11.8 Å². The average Bonchev–Trinajstić information content (AvgIpc) is 2.72. The molecule has 19 heavy (non-hydrogen) atoms. The maximum atomic E-state index is 13.2. The third kappa shape index (κ3) is 3.22. The summed E-state index contributed by atoms with van der Waals surface area (Å²) in [5.74, 6) is -0.350. The van der Waals surface area contributed by atoms with Crippen molar-refractivity contribution in [3.05, 3.63) is 51.5 Å². The molecule has 2 aromatic rings. The van der Waals surface area contributed by atoms with Crippen molar-refractivity contribution in [3.63, 3.8) is 0 Å². The highest BCUT2D eigenvalue weighted by molar-refractivity contribution is 9.10. The van der Waals surface area contributed by atoms with E-state index in [1.54, 1.807) is 6.07 Å². The molecule has 1 aromatic carbocycles. The third-order valence-electron chi connectivity index (χ3n) is 3.00. The molecule has 102 valence electrons. The molecule has 1 aromatic heterocycles. The fraction of sp³-hybridized carbons (Fsp3) is 0.357. The molecule has 0 spiro atoms. The molecule has 0 aliphatic heterocycles. The van der Waals surface area contributed by atoms with Gasteiger partial charge in [0.15, 0.2) is 0 Å². The van der Waals surface area contributed by atoms with Crippen LogP contribution in [-0.2, 0) is 13.0 Å². The molecule has 1 unspecified atom stereocenters. The Kier molecular flexibility index (Phi) is 4.37. The van der Waals surface area contributed by atoms with E-state index in [0.717, 1.165) is 17.9 Å². The minimum atomic E-state index is -0.758. The number of rotatable bonds is 4. The van der Waals surface area contributed by atoms with Gasteiger partial charge in [-0.2, -0.15) is 5.10 Å². The first-order valence-electron chi connectivity index (χ1n) is 6.17. The molecule has 0 saturated heterocycles. The Balaban J connectivity index is 2.25. The van der Waals surface area contributed by atoms with E-state index in [1.807, 2.05) is 24.6 Å². The summed E-state index contributed by atoms with van der Waals surface area (Å²) in [6.07, 6.45) is -0.344. The highest BCUT2D eigenvalue weighted by Gasteiger charge is 2.16. The van der Waals surface area contributed by atoms with E-state index in [9.17, 15) is 9.50 Å². The smallest absolute Gasteiger partial charge is 0.123 e. The van der Waals surface area contributed by atoms with Crippen LogP contribution in [0.5, 0.6) is 0 Å². The van der Waals surface area contributed by atoms with E-state index >= 15 is 0 Å². The number of halogens is 2. The van der Waals surface area contributed by atoms with Crippen molar-refractivity contribution in [2.75, 3.05) is 0 Å². The van der Waals surface area contributed by atoms with Crippen molar-refractivity contribution in [1.29, 1.82) is 0 Å². The largest absolute Gasteiger partial charge is 0.388 e. The zero-order valence-electron chi connectivity index (χ0n) is 10.9. The van der Waals surface area contributed by atoms with Crippen LogP contribution in [0.2, 0.25) is 0 Å². The van der Waals surface area contributed by atoms with Gasteiger partial charge in [-0.15, -0.1) is 0 Å². The molecule has 0 aliphatic rings. The number of hydrogen-bond donors (Lipinski definition) is 1. The molecule has 1 atom stereocenters. The fourth-order valence-corrected chi connectivity index (χ4v) is 2.63. The van der Waals surface area contributed by atoms with Gasteiger partial charge in [0.25, 0.3) is 0 Å². The van der Waals surface area contributed by atoms with Crippen molar-refractivity contribution in [1.82, 2.24) is 9.78 Å². The predicted octanol–water partition coefficient (Wildman–Crippen LogP) is 3.39. The molecule has 0 saturated carbocycles. The quantitative estimate of drug-likeness (QED) is 0.935. The van der Waals surface area contributed by atoms with Crippen molar-refractivity contribution >= 4 is 15.9 Å². The summed E-state index contributed by atoms with van der Waals surface area (Å²) in [6.45, 7) is 4.67. The van der Waals surface area contributed by atoms with Gasteiger partial charge in [-0.25, -0.2) is 4.39 Å². The van der Waals surface area contributed by atoms with Gasteiger partial charge in [-0.1, -0.05) is 15.9 Å². The Morgan fingerprint density at radius 1 is 1.42 bits per heavy atom. The van der Waals surface area contributed by atoms with E-state index in [1.165, 1.54) is 12.1 Å². The van der Waals surface area contributed by atoms with Gasteiger partial charge in [-0.3, -0.25) is 4.68 Å². The first-order valence-corrected chi connectivity index (χ1v) is 6.97. The van der Waals surface area contributed by atoms with Gasteiger partial charge < -0.3 is 5.11 Å². The second-order valence-electron chi connectivity index (χ2n) is 4.48. The van der Waals surface area contributed by atoms with Gasteiger partial charge in [0, 0.05) is 23.1 Å². The highest BCUT2D eigenvalue weighted by atomic mass is 79.9. The molecular formula is C14H16BrFN2O. The van der Waals surface area contributed by atoms with E-state index in [4.69, 9.17) is 0 Å².